The summed E-state index contributed by atoms with van der Waals surface area (Å²) in [4.78, 5) is 73.0. The van der Waals surface area contributed by atoms with Crippen LogP contribution in [0.1, 0.15) is 43.5 Å². The van der Waals surface area contributed by atoms with Crippen LogP contribution in [0, 0.1) is 0 Å². The molecule has 13 heteroatoms. The van der Waals surface area contributed by atoms with Crippen LogP contribution in [0.2, 0.25) is 5.02 Å². The van der Waals surface area contributed by atoms with Crippen LogP contribution in [0.5, 0.6) is 5.75 Å². The van der Waals surface area contributed by atoms with Gasteiger partial charge in [-0.05, 0) is 25.8 Å². The van der Waals surface area contributed by atoms with E-state index in [1.807, 2.05) is 0 Å². The molecule has 1 aromatic rings. The van der Waals surface area contributed by atoms with E-state index in [1.54, 1.807) is 0 Å². The van der Waals surface area contributed by atoms with Crippen molar-refractivity contribution in [1.29, 1.82) is 0 Å². The molecule has 2 rings (SSSR count). The van der Waals surface area contributed by atoms with E-state index in [2.05, 4.69) is 16.0 Å². The van der Waals surface area contributed by atoms with E-state index in [4.69, 9.17) is 21.4 Å². The summed E-state index contributed by atoms with van der Waals surface area (Å²) in [6.45, 7) is 3.00. The second kappa shape index (κ2) is 12.2. The predicted molar refractivity (Wildman–Crippen MR) is 124 cm³/mol. The normalized spacial score (nSPS) is 16.6. The van der Waals surface area contributed by atoms with Crippen LogP contribution in [-0.4, -0.2) is 77.7 Å². The van der Waals surface area contributed by atoms with Crippen molar-refractivity contribution in [1.82, 2.24) is 15.5 Å². The second-order valence-electron chi connectivity index (χ2n) is 7.95. The van der Waals surface area contributed by atoms with Crippen molar-refractivity contribution in [3.8, 4) is 5.75 Å². The number of carboxylic acids is 1. The Balaban J connectivity index is 2.12. The quantitative estimate of drug-likeness (QED) is 0.331. The SMILES string of the molecule is COc1cc(NC(C)=O)c(Cl)cc1C(=O)N[C@@H](C)C(=O)N1CCCC1C(=O)NC(C=O)CC(=O)O. The molecule has 1 aliphatic heterocycles. The summed E-state index contributed by atoms with van der Waals surface area (Å²) in [6, 6.07) is -0.472. The second-order valence-corrected chi connectivity index (χ2v) is 8.35. The number of aldehydes is 1. The zero-order chi connectivity index (χ0) is 26.3. The molecule has 35 heavy (non-hydrogen) atoms. The highest BCUT2D eigenvalue weighted by molar-refractivity contribution is 6.34. The van der Waals surface area contributed by atoms with E-state index < -0.39 is 48.2 Å². The summed E-state index contributed by atoms with van der Waals surface area (Å²) in [5.74, 6) is -3.34. The number of nitrogens with zero attached hydrogens (tertiary/aromatic N) is 1. The molecule has 3 atom stereocenters. The number of carbonyl (C=O) groups is 6. The van der Waals surface area contributed by atoms with E-state index in [0.717, 1.165) is 0 Å². The Morgan fingerprint density at radius 3 is 2.51 bits per heavy atom. The Morgan fingerprint density at radius 2 is 1.94 bits per heavy atom. The van der Waals surface area contributed by atoms with Gasteiger partial charge in [-0.1, -0.05) is 11.6 Å². The van der Waals surface area contributed by atoms with Crippen LogP contribution in [0.25, 0.3) is 0 Å². The van der Waals surface area contributed by atoms with Gasteiger partial charge in [0.05, 0.1) is 35.8 Å². The smallest absolute Gasteiger partial charge is 0.305 e. The molecule has 0 aromatic heterocycles. The number of ether oxygens (including phenoxy) is 1. The highest BCUT2D eigenvalue weighted by Gasteiger charge is 2.37. The molecular formula is C22H27ClN4O8. The molecule has 190 valence electrons. The Hall–Kier alpha value is -3.67. The number of hydrogen-bond donors (Lipinski definition) is 4. The molecule has 1 fully saturated rings. The number of nitrogens with one attached hydrogen (secondary N) is 3. The number of hydrogen-bond acceptors (Lipinski definition) is 7. The third-order valence-electron chi connectivity index (χ3n) is 5.29. The molecule has 0 radical (unpaired) electrons. The Morgan fingerprint density at radius 1 is 1.26 bits per heavy atom. The van der Waals surface area contributed by atoms with Crippen molar-refractivity contribution < 1.29 is 38.6 Å². The summed E-state index contributed by atoms with van der Waals surface area (Å²) >= 11 is 6.16. The number of carbonyl (C=O) groups excluding carboxylic acids is 5. The molecule has 1 aliphatic rings. The van der Waals surface area contributed by atoms with Crippen molar-refractivity contribution in [2.24, 2.45) is 0 Å². The number of rotatable bonds is 10. The molecule has 4 amide bonds. The number of halogens is 1. The fourth-order valence-corrected chi connectivity index (χ4v) is 3.88. The minimum atomic E-state index is -1.25. The van der Waals surface area contributed by atoms with E-state index >= 15 is 0 Å². The van der Waals surface area contributed by atoms with Gasteiger partial charge in [0.2, 0.25) is 17.7 Å². The van der Waals surface area contributed by atoms with Crippen molar-refractivity contribution in [3.05, 3.63) is 22.7 Å². The first-order valence-corrected chi connectivity index (χ1v) is 11.1. The first kappa shape index (κ1) is 27.6. The lowest BCUT2D eigenvalue weighted by Crippen LogP contribution is -2.54. The summed E-state index contributed by atoms with van der Waals surface area (Å²) < 4.78 is 5.22. The van der Waals surface area contributed by atoms with Crippen LogP contribution >= 0.6 is 11.6 Å². The van der Waals surface area contributed by atoms with Crippen LogP contribution < -0.4 is 20.7 Å². The van der Waals surface area contributed by atoms with Crippen molar-refractivity contribution in [2.75, 3.05) is 19.0 Å². The monoisotopic (exact) mass is 510 g/mol. The summed E-state index contributed by atoms with van der Waals surface area (Å²) in [5.41, 5.74) is 0.281. The minimum Gasteiger partial charge on any atom is -0.496 e. The van der Waals surface area contributed by atoms with Crippen LogP contribution in [0.3, 0.4) is 0 Å². The third-order valence-corrected chi connectivity index (χ3v) is 5.60. The summed E-state index contributed by atoms with van der Waals surface area (Å²) in [6.07, 6.45) is 0.591. The topological polar surface area (TPSA) is 171 Å². The number of benzene rings is 1. The predicted octanol–water partition coefficient (Wildman–Crippen LogP) is 0.575. The van der Waals surface area contributed by atoms with Gasteiger partial charge in [0.25, 0.3) is 5.91 Å². The highest BCUT2D eigenvalue weighted by Crippen LogP contribution is 2.31. The first-order chi connectivity index (χ1) is 16.5. The van der Waals surface area contributed by atoms with Gasteiger partial charge in [-0.2, -0.15) is 0 Å². The fourth-order valence-electron chi connectivity index (χ4n) is 3.67. The number of likely N-dealkylation sites (tertiary alicyclic amines) is 1. The van der Waals surface area contributed by atoms with Gasteiger partial charge in [-0.25, -0.2) is 0 Å². The minimum absolute atomic E-state index is 0.0319. The average molecular weight is 511 g/mol. The lowest BCUT2D eigenvalue weighted by atomic mass is 10.1. The largest absolute Gasteiger partial charge is 0.496 e. The maximum absolute atomic E-state index is 13.0. The van der Waals surface area contributed by atoms with Crippen LogP contribution in [-0.2, 0) is 24.0 Å². The number of amides is 4. The lowest BCUT2D eigenvalue weighted by Gasteiger charge is -2.28. The molecule has 0 saturated carbocycles. The number of aliphatic carboxylic acids is 1. The molecule has 1 aromatic carbocycles. The first-order valence-electron chi connectivity index (χ1n) is 10.7. The van der Waals surface area contributed by atoms with E-state index in [9.17, 15) is 28.8 Å². The average Bonchev–Trinajstić information content (AvgIpc) is 3.28. The summed E-state index contributed by atoms with van der Waals surface area (Å²) in [7, 11) is 1.33. The van der Waals surface area contributed by atoms with Crippen molar-refractivity contribution in [2.45, 2.75) is 51.2 Å². The van der Waals surface area contributed by atoms with Crippen LogP contribution in [0.4, 0.5) is 5.69 Å². The van der Waals surface area contributed by atoms with Gasteiger partial charge < -0.3 is 35.5 Å². The van der Waals surface area contributed by atoms with E-state index in [0.29, 0.717) is 19.1 Å². The van der Waals surface area contributed by atoms with Gasteiger partial charge in [-0.15, -0.1) is 0 Å². The zero-order valence-corrected chi connectivity index (χ0v) is 20.2. The fraction of sp³-hybridized carbons (Fsp3) is 0.455. The molecular weight excluding hydrogens is 484 g/mol. The zero-order valence-electron chi connectivity index (χ0n) is 19.4. The van der Waals surface area contributed by atoms with E-state index in [-0.39, 0.29) is 34.5 Å². The molecule has 0 bridgehead atoms. The lowest BCUT2D eigenvalue weighted by molar-refractivity contribution is -0.141. The molecule has 1 heterocycles. The van der Waals surface area contributed by atoms with Crippen molar-refractivity contribution >= 4 is 53.2 Å². The molecule has 0 spiro atoms. The van der Waals surface area contributed by atoms with Gasteiger partial charge in [-0.3, -0.25) is 24.0 Å². The summed E-state index contributed by atoms with van der Waals surface area (Å²) in [5, 5.41) is 16.3. The van der Waals surface area contributed by atoms with Crippen molar-refractivity contribution in [3.63, 3.8) is 0 Å². The highest BCUT2D eigenvalue weighted by atomic mass is 35.5. The Kier molecular flexibility index (Phi) is 9.58. The Bertz CT molecular complexity index is 1030. The molecule has 4 N–H and O–H groups in total. The number of anilines is 1. The Labute approximate surface area is 206 Å². The van der Waals surface area contributed by atoms with Gasteiger partial charge in [0.15, 0.2) is 0 Å². The van der Waals surface area contributed by atoms with Gasteiger partial charge >= 0.3 is 5.97 Å². The maximum Gasteiger partial charge on any atom is 0.305 e. The molecule has 12 nitrogen and oxygen atoms in total. The van der Waals surface area contributed by atoms with Crippen LogP contribution in [0.15, 0.2) is 12.1 Å². The van der Waals surface area contributed by atoms with E-state index in [1.165, 1.54) is 38.0 Å². The van der Waals surface area contributed by atoms with Gasteiger partial charge in [0.1, 0.15) is 24.1 Å². The number of methoxy groups -OCH3 is 1. The number of carboxylic acid groups (broad SMARTS) is 1. The molecule has 0 aliphatic carbocycles. The molecule has 1 saturated heterocycles. The van der Waals surface area contributed by atoms with Gasteiger partial charge in [0, 0.05) is 19.5 Å². The molecule has 2 unspecified atom stereocenters. The maximum atomic E-state index is 13.0. The third kappa shape index (κ3) is 7.15. The standard InChI is InChI=1S/C22H27ClN4O8/c1-11(24-20(32)14-8-15(23)16(25-12(2)29)9-18(14)35-3)22(34)27-6-4-5-17(27)21(33)26-13(10-28)7-19(30)31/h8-11,13,17H,4-7H2,1-3H3,(H,24,32)(H,25,29)(H,26,33)(H,30,31)/t11-,13?,17?/m0/s1.